The van der Waals surface area contributed by atoms with Gasteiger partial charge in [0.2, 0.25) is 5.91 Å². The summed E-state index contributed by atoms with van der Waals surface area (Å²) < 4.78 is 0. The van der Waals surface area contributed by atoms with Gasteiger partial charge in [-0.25, -0.2) is 0 Å². The molecule has 1 unspecified atom stereocenters. The van der Waals surface area contributed by atoms with E-state index < -0.39 is 5.41 Å². The van der Waals surface area contributed by atoms with E-state index in [4.69, 9.17) is 0 Å². The number of nitrogens with one attached hydrogen (secondary N) is 2. The third-order valence-corrected chi connectivity index (χ3v) is 9.04. The summed E-state index contributed by atoms with van der Waals surface area (Å²) in [6.07, 6.45) is 2.74. The van der Waals surface area contributed by atoms with Crippen LogP contribution in [0.1, 0.15) is 68.1 Å². The average molecular weight is 582 g/mol. The first-order valence-electron chi connectivity index (χ1n) is 14.5. The Morgan fingerprint density at radius 3 is 2.19 bits per heavy atom. The highest BCUT2D eigenvalue weighted by molar-refractivity contribution is 5.95. The Morgan fingerprint density at radius 2 is 1.65 bits per heavy atom. The van der Waals surface area contributed by atoms with Crippen LogP contribution >= 0.6 is 0 Å². The summed E-state index contributed by atoms with van der Waals surface area (Å²) in [6.45, 7) is 0.561. The second kappa shape index (κ2) is 10.9. The maximum Gasteiger partial charge on any atom is 0.253 e. The van der Waals surface area contributed by atoms with Crippen LogP contribution in [0.3, 0.4) is 0 Å². The molecule has 0 radical (unpaired) electrons. The Morgan fingerprint density at radius 1 is 1.02 bits per heavy atom. The number of nitrogens with zero attached hydrogens (tertiary/aromatic N) is 7. The Kier molecular flexibility index (Phi) is 7.22. The Bertz CT molecular complexity index is 1560. The number of benzene rings is 2. The number of fused-ring (bicyclic) bond motifs is 3. The molecular weight excluding hydrogens is 546 g/mol. The largest absolute Gasteiger partial charge is 0.345 e. The standard InChI is InChI=1S/C31H35N9O3/c1-38(2)28(42)18-5-7-24-20(11-18)13-21-12-19(29(43)39(3)4)6-8-25(21)31(24,30-34-36-37-35-30)9-10-33-17-27(41)40-23(16-32)14-22-15-26(22)40/h5-8,11-12,22-23,26,33H,9-10,13-15,17H2,1-4H3,(H,34,35,36,37)/t22-,23?,26+/m1/s1. The lowest BCUT2D eigenvalue weighted by Gasteiger charge is -2.39. The number of H-pyrrole nitrogens is 1. The molecule has 12 nitrogen and oxygen atoms in total. The second-order valence-electron chi connectivity index (χ2n) is 12.1. The van der Waals surface area contributed by atoms with Gasteiger partial charge >= 0.3 is 0 Å². The van der Waals surface area contributed by atoms with Crippen molar-refractivity contribution in [2.75, 3.05) is 41.3 Å². The number of likely N-dealkylation sites (tertiary alicyclic amines) is 1. The number of carbonyl (C=O) groups excluding carboxylic acids is 3. The molecule has 1 aromatic heterocycles. The molecule has 2 heterocycles. The normalized spacial score (nSPS) is 20.8. The van der Waals surface area contributed by atoms with Gasteiger partial charge in [-0.05, 0) is 84.7 Å². The second-order valence-corrected chi connectivity index (χ2v) is 12.1. The lowest BCUT2D eigenvalue weighted by Crippen LogP contribution is -2.44. The molecule has 1 aliphatic heterocycles. The van der Waals surface area contributed by atoms with Gasteiger partial charge in [-0.3, -0.25) is 14.4 Å². The van der Waals surface area contributed by atoms with Gasteiger partial charge in [-0.1, -0.05) is 17.3 Å². The SMILES string of the molecule is CN(C)C(=O)c1ccc2c(c1)Cc1cc(C(=O)N(C)C)ccc1C2(CCNCC(=O)N1C(C#N)C[C@@H]2C[C@@H]21)c1nn[nH]n1. The number of amides is 3. The number of aromatic amines is 1. The predicted molar refractivity (Wildman–Crippen MR) is 156 cm³/mol. The molecule has 12 heteroatoms. The van der Waals surface area contributed by atoms with E-state index in [1.807, 2.05) is 36.4 Å². The monoisotopic (exact) mass is 581 g/mol. The molecule has 3 aliphatic rings. The molecule has 2 aromatic carbocycles. The summed E-state index contributed by atoms with van der Waals surface area (Å²) in [6, 6.07) is 13.5. The van der Waals surface area contributed by atoms with E-state index in [-0.39, 0.29) is 36.3 Å². The Hall–Kier alpha value is -4.63. The minimum absolute atomic E-state index is 0.0618. The van der Waals surface area contributed by atoms with Crippen LogP contribution < -0.4 is 5.32 Å². The highest BCUT2D eigenvalue weighted by Crippen LogP contribution is 2.49. The van der Waals surface area contributed by atoms with Gasteiger partial charge in [0.05, 0.1) is 18.0 Å². The van der Waals surface area contributed by atoms with Crippen molar-refractivity contribution in [3.63, 3.8) is 0 Å². The van der Waals surface area contributed by atoms with Crippen LogP contribution in [-0.4, -0.2) is 106 Å². The first-order valence-corrected chi connectivity index (χ1v) is 14.5. The van der Waals surface area contributed by atoms with Crippen LogP contribution in [0.2, 0.25) is 0 Å². The van der Waals surface area contributed by atoms with Crippen molar-refractivity contribution in [1.29, 1.82) is 5.26 Å². The fraction of sp³-hybridized carbons (Fsp3) is 0.452. The smallest absolute Gasteiger partial charge is 0.253 e. The van der Waals surface area contributed by atoms with Crippen LogP contribution in [0.25, 0.3) is 0 Å². The quantitative estimate of drug-likeness (QED) is 0.378. The predicted octanol–water partition coefficient (Wildman–Crippen LogP) is 1.33. The number of nitriles is 1. The lowest BCUT2D eigenvalue weighted by molar-refractivity contribution is -0.131. The minimum atomic E-state index is -0.865. The Balaban J connectivity index is 1.37. The molecule has 2 N–H and O–H groups in total. The van der Waals surface area contributed by atoms with Crippen molar-refractivity contribution in [3.05, 3.63) is 75.6 Å². The fourth-order valence-corrected chi connectivity index (χ4v) is 6.90. The molecule has 6 rings (SSSR count). The summed E-state index contributed by atoms with van der Waals surface area (Å²) >= 11 is 0. The van der Waals surface area contributed by atoms with Gasteiger partial charge in [-0.15, -0.1) is 10.2 Å². The maximum absolute atomic E-state index is 13.1. The summed E-state index contributed by atoms with van der Waals surface area (Å²) in [5.74, 6) is 0.648. The Labute approximate surface area is 250 Å². The lowest BCUT2D eigenvalue weighted by atomic mass is 9.63. The van der Waals surface area contributed by atoms with Crippen LogP contribution in [0.5, 0.6) is 0 Å². The van der Waals surface area contributed by atoms with E-state index in [1.54, 1.807) is 42.9 Å². The minimum Gasteiger partial charge on any atom is -0.345 e. The van der Waals surface area contributed by atoms with Gasteiger partial charge in [0.25, 0.3) is 11.8 Å². The molecule has 3 amide bonds. The molecule has 3 atom stereocenters. The third-order valence-electron chi connectivity index (χ3n) is 9.04. The molecule has 1 saturated carbocycles. The molecule has 0 spiro atoms. The van der Waals surface area contributed by atoms with Crippen molar-refractivity contribution < 1.29 is 14.4 Å². The fourth-order valence-electron chi connectivity index (χ4n) is 6.90. The van der Waals surface area contributed by atoms with Gasteiger partial charge in [0, 0.05) is 45.4 Å². The van der Waals surface area contributed by atoms with Gasteiger partial charge in [-0.2, -0.15) is 10.5 Å². The topological polar surface area (TPSA) is 151 Å². The number of hydrogen-bond acceptors (Lipinski definition) is 8. The van der Waals surface area contributed by atoms with Crippen molar-refractivity contribution in [1.82, 2.24) is 40.6 Å². The molecule has 3 aromatic rings. The molecule has 0 bridgehead atoms. The van der Waals surface area contributed by atoms with E-state index in [2.05, 4.69) is 32.0 Å². The summed E-state index contributed by atoms with van der Waals surface area (Å²) in [4.78, 5) is 43.8. The first-order chi connectivity index (χ1) is 20.6. The van der Waals surface area contributed by atoms with Crippen molar-refractivity contribution in [3.8, 4) is 6.07 Å². The number of hydrogen-bond donors (Lipinski definition) is 2. The van der Waals surface area contributed by atoms with E-state index in [1.165, 1.54) is 0 Å². The molecule has 1 saturated heterocycles. The maximum atomic E-state index is 13.1. The highest BCUT2D eigenvalue weighted by atomic mass is 16.2. The zero-order valence-electron chi connectivity index (χ0n) is 24.8. The van der Waals surface area contributed by atoms with E-state index >= 15 is 0 Å². The summed E-state index contributed by atoms with van der Waals surface area (Å²) in [7, 11) is 6.88. The first kappa shape index (κ1) is 28.5. The molecule has 2 aliphatic carbocycles. The molecule has 43 heavy (non-hydrogen) atoms. The molecule has 222 valence electrons. The van der Waals surface area contributed by atoms with Crippen LogP contribution in [0, 0.1) is 17.2 Å². The van der Waals surface area contributed by atoms with Crippen LogP contribution in [0.4, 0.5) is 0 Å². The van der Waals surface area contributed by atoms with Crippen LogP contribution in [0.15, 0.2) is 36.4 Å². The zero-order valence-corrected chi connectivity index (χ0v) is 24.8. The number of aromatic nitrogens is 4. The zero-order chi connectivity index (χ0) is 30.5. The summed E-state index contributed by atoms with van der Waals surface area (Å²) in [5.41, 5.74) is 4.02. The van der Waals surface area contributed by atoms with Crippen molar-refractivity contribution in [2.24, 2.45) is 5.92 Å². The highest BCUT2D eigenvalue weighted by Gasteiger charge is 2.54. The summed E-state index contributed by atoms with van der Waals surface area (Å²) in [5, 5.41) is 28.3. The average Bonchev–Trinajstić information content (AvgIpc) is 3.37. The van der Waals surface area contributed by atoms with Crippen LogP contribution in [-0.2, 0) is 16.6 Å². The van der Waals surface area contributed by atoms with E-state index in [9.17, 15) is 19.6 Å². The van der Waals surface area contributed by atoms with E-state index in [0.717, 1.165) is 35.1 Å². The number of piperidine rings is 1. The van der Waals surface area contributed by atoms with Gasteiger partial charge in [0.1, 0.15) is 6.04 Å². The van der Waals surface area contributed by atoms with Crippen molar-refractivity contribution >= 4 is 17.7 Å². The third kappa shape index (κ3) is 4.83. The van der Waals surface area contributed by atoms with E-state index in [0.29, 0.717) is 42.3 Å². The number of tetrazole rings is 1. The number of rotatable bonds is 8. The molecule has 2 fully saturated rings. The molecular formula is C31H35N9O3. The van der Waals surface area contributed by atoms with Gasteiger partial charge in [0.15, 0.2) is 5.82 Å². The van der Waals surface area contributed by atoms with Gasteiger partial charge < -0.3 is 20.0 Å². The number of carbonyl (C=O) groups is 3. The van der Waals surface area contributed by atoms with Crippen molar-refractivity contribution in [2.45, 2.75) is 43.2 Å².